The first kappa shape index (κ1) is 19.3. The number of piperidine rings is 1. The summed E-state index contributed by atoms with van der Waals surface area (Å²) in [7, 11) is 0. The normalized spacial score (nSPS) is 18.5. The fraction of sp³-hybridized carbons (Fsp3) is 0.571. The van der Waals surface area contributed by atoms with Crippen molar-refractivity contribution < 1.29 is 4.79 Å². The molecule has 2 aliphatic rings. The lowest BCUT2D eigenvalue weighted by Crippen LogP contribution is -2.45. The standard InChI is InChI=1S/C21H29N5OS/c1-15(2)19-23-25(21(28)26(19)18-8-9-18)14-24-12-10-17(11-13-24)22-20(27)16-6-4-3-5-7-16/h3-7,15,17-18H,8-14H2,1-2H3,(H,22,27). The smallest absolute Gasteiger partial charge is 0.251 e. The van der Waals surface area contributed by atoms with E-state index < -0.39 is 0 Å². The number of nitrogens with one attached hydrogen (secondary N) is 1. The van der Waals surface area contributed by atoms with E-state index in [0.29, 0.717) is 12.0 Å². The topological polar surface area (TPSA) is 55.1 Å². The Hall–Kier alpha value is -1.99. The molecule has 7 heteroatoms. The summed E-state index contributed by atoms with van der Waals surface area (Å²) in [5.74, 6) is 1.51. The van der Waals surface area contributed by atoms with Gasteiger partial charge in [0.1, 0.15) is 5.82 Å². The van der Waals surface area contributed by atoms with Crippen molar-refractivity contribution in [3.63, 3.8) is 0 Å². The predicted octanol–water partition coefficient (Wildman–Crippen LogP) is 3.72. The van der Waals surface area contributed by atoms with E-state index >= 15 is 0 Å². The minimum absolute atomic E-state index is 0.0195. The number of carbonyl (C=O) groups is 1. The van der Waals surface area contributed by atoms with Crippen LogP contribution in [0.2, 0.25) is 0 Å². The Morgan fingerprint density at radius 3 is 2.46 bits per heavy atom. The van der Waals surface area contributed by atoms with Gasteiger partial charge in [-0.2, -0.15) is 5.10 Å². The second-order valence-electron chi connectivity index (χ2n) is 8.27. The number of aromatic nitrogens is 3. The number of benzene rings is 1. The first-order chi connectivity index (χ1) is 13.5. The molecule has 1 aromatic heterocycles. The Balaban J connectivity index is 1.34. The van der Waals surface area contributed by atoms with Crippen LogP contribution < -0.4 is 5.32 Å². The molecule has 1 aromatic carbocycles. The second kappa shape index (κ2) is 8.17. The number of carbonyl (C=O) groups excluding carboxylic acids is 1. The van der Waals surface area contributed by atoms with Crippen LogP contribution >= 0.6 is 12.2 Å². The molecule has 6 nitrogen and oxygen atoms in total. The Bertz CT molecular complexity index is 876. The van der Waals surface area contributed by atoms with Crippen molar-refractivity contribution in [1.29, 1.82) is 0 Å². The van der Waals surface area contributed by atoms with Crippen molar-refractivity contribution in [3.8, 4) is 0 Å². The molecule has 28 heavy (non-hydrogen) atoms. The van der Waals surface area contributed by atoms with E-state index in [2.05, 4.69) is 28.6 Å². The highest BCUT2D eigenvalue weighted by molar-refractivity contribution is 7.71. The molecule has 1 aliphatic heterocycles. The number of hydrogen-bond donors (Lipinski definition) is 1. The molecular formula is C21H29N5OS. The maximum atomic E-state index is 12.3. The fourth-order valence-corrected chi connectivity index (χ4v) is 4.21. The van der Waals surface area contributed by atoms with E-state index in [1.807, 2.05) is 35.0 Å². The van der Waals surface area contributed by atoms with Gasteiger partial charge in [-0.1, -0.05) is 32.0 Å². The molecule has 2 heterocycles. The van der Waals surface area contributed by atoms with Gasteiger partial charge in [-0.3, -0.25) is 9.69 Å². The van der Waals surface area contributed by atoms with Crippen molar-refractivity contribution in [2.24, 2.45) is 0 Å². The van der Waals surface area contributed by atoms with Gasteiger partial charge >= 0.3 is 0 Å². The molecule has 0 radical (unpaired) electrons. The molecule has 2 fully saturated rings. The van der Waals surface area contributed by atoms with Crippen LogP contribution in [0.3, 0.4) is 0 Å². The minimum atomic E-state index is 0.0195. The van der Waals surface area contributed by atoms with Crippen LogP contribution in [0.4, 0.5) is 0 Å². The molecule has 1 aliphatic carbocycles. The fourth-order valence-electron chi connectivity index (χ4n) is 3.87. The van der Waals surface area contributed by atoms with Gasteiger partial charge in [0.25, 0.3) is 5.91 Å². The molecule has 0 bridgehead atoms. The summed E-state index contributed by atoms with van der Waals surface area (Å²) in [4.78, 5) is 14.7. The maximum absolute atomic E-state index is 12.3. The zero-order chi connectivity index (χ0) is 19.7. The zero-order valence-electron chi connectivity index (χ0n) is 16.7. The van der Waals surface area contributed by atoms with E-state index in [9.17, 15) is 4.79 Å². The molecule has 0 spiro atoms. The summed E-state index contributed by atoms with van der Waals surface area (Å²) in [6.07, 6.45) is 4.33. The second-order valence-corrected chi connectivity index (χ2v) is 8.63. The summed E-state index contributed by atoms with van der Waals surface area (Å²) >= 11 is 5.73. The molecule has 1 saturated carbocycles. The average molecular weight is 400 g/mol. The monoisotopic (exact) mass is 399 g/mol. The Labute approximate surface area is 171 Å². The summed E-state index contributed by atoms with van der Waals surface area (Å²) in [6.45, 7) is 6.98. The molecule has 4 rings (SSSR count). The zero-order valence-corrected chi connectivity index (χ0v) is 17.5. The number of likely N-dealkylation sites (tertiary alicyclic amines) is 1. The van der Waals surface area contributed by atoms with Gasteiger partial charge in [0.2, 0.25) is 0 Å². The lowest BCUT2D eigenvalue weighted by Gasteiger charge is -2.32. The van der Waals surface area contributed by atoms with Crippen LogP contribution in [0.15, 0.2) is 30.3 Å². The summed E-state index contributed by atoms with van der Waals surface area (Å²) in [5.41, 5.74) is 0.725. The van der Waals surface area contributed by atoms with E-state index in [4.69, 9.17) is 17.3 Å². The van der Waals surface area contributed by atoms with Crippen molar-refractivity contribution in [3.05, 3.63) is 46.5 Å². The highest BCUT2D eigenvalue weighted by Gasteiger charge is 2.30. The van der Waals surface area contributed by atoms with E-state index in [1.54, 1.807) is 0 Å². The van der Waals surface area contributed by atoms with Crippen LogP contribution in [0, 0.1) is 4.77 Å². The summed E-state index contributed by atoms with van der Waals surface area (Å²) < 4.78 is 5.12. The minimum Gasteiger partial charge on any atom is -0.349 e. The first-order valence-electron chi connectivity index (χ1n) is 10.3. The average Bonchev–Trinajstić information content (AvgIpc) is 3.48. The third-order valence-electron chi connectivity index (χ3n) is 5.62. The van der Waals surface area contributed by atoms with Crippen LogP contribution in [0.25, 0.3) is 0 Å². The Morgan fingerprint density at radius 1 is 1.18 bits per heavy atom. The third-order valence-corrected chi connectivity index (χ3v) is 6.03. The number of nitrogens with zero attached hydrogens (tertiary/aromatic N) is 4. The van der Waals surface area contributed by atoms with Crippen molar-refractivity contribution in [2.45, 2.75) is 64.2 Å². The van der Waals surface area contributed by atoms with Gasteiger partial charge in [-0.15, -0.1) is 0 Å². The molecular weight excluding hydrogens is 370 g/mol. The van der Waals surface area contributed by atoms with Crippen LogP contribution in [0.1, 0.15) is 67.7 Å². The molecule has 0 atom stereocenters. The van der Waals surface area contributed by atoms with Crippen molar-refractivity contribution in [2.75, 3.05) is 13.1 Å². The van der Waals surface area contributed by atoms with E-state index in [1.165, 1.54) is 12.8 Å². The largest absolute Gasteiger partial charge is 0.349 e. The van der Waals surface area contributed by atoms with Crippen molar-refractivity contribution >= 4 is 18.1 Å². The number of hydrogen-bond acceptors (Lipinski definition) is 4. The maximum Gasteiger partial charge on any atom is 0.251 e. The number of amides is 1. The van der Waals surface area contributed by atoms with Crippen LogP contribution in [0.5, 0.6) is 0 Å². The van der Waals surface area contributed by atoms with E-state index in [0.717, 1.165) is 48.8 Å². The van der Waals surface area contributed by atoms with Gasteiger partial charge < -0.3 is 9.88 Å². The van der Waals surface area contributed by atoms with Crippen molar-refractivity contribution in [1.82, 2.24) is 24.6 Å². The molecule has 150 valence electrons. The van der Waals surface area contributed by atoms with Gasteiger partial charge in [0, 0.05) is 36.7 Å². The SMILES string of the molecule is CC(C)c1nn(CN2CCC(NC(=O)c3ccccc3)CC2)c(=S)n1C1CC1. The third kappa shape index (κ3) is 4.20. The van der Waals surface area contributed by atoms with Crippen LogP contribution in [-0.4, -0.2) is 44.3 Å². The summed E-state index contributed by atoms with van der Waals surface area (Å²) in [6, 6.07) is 10.2. The quantitative estimate of drug-likeness (QED) is 0.752. The Morgan fingerprint density at radius 2 is 1.86 bits per heavy atom. The molecule has 1 N–H and O–H groups in total. The number of rotatable bonds is 6. The van der Waals surface area contributed by atoms with Gasteiger partial charge in [0.15, 0.2) is 4.77 Å². The van der Waals surface area contributed by atoms with Gasteiger partial charge in [0.05, 0.1) is 6.67 Å². The molecule has 2 aromatic rings. The molecule has 0 unspecified atom stereocenters. The first-order valence-corrected chi connectivity index (χ1v) is 10.7. The van der Waals surface area contributed by atoms with Gasteiger partial charge in [-0.05, 0) is 50.0 Å². The summed E-state index contributed by atoms with van der Waals surface area (Å²) in [5, 5.41) is 8.01. The Kier molecular flexibility index (Phi) is 5.64. The highest BCUT2D eigenvalue weighted by atomic mass is 32.1. The lowest BCUT2D eigenvalue weighted by atomic mass is 10.0. The molecule has 1 amide bonds. The van der Waals surface area contributed by atoms with Crippen LogP contribution in [-0.2, 0) is 6.67 Å². The predicted molar refractivity (Wildman–Crippen MR) is 112 cm³/mol. The molecule has 1 saturated heterocycles. The van der Waals surface area contributed by atoms with E-state index in [-0.39, 0.29) is 11.9 Å². The highest BCUT2D eigenvalue weighted by Crippen LogP contribution is 2.37. The van der Waals surface area contributed by atoms with Gasteiger partial charge in [-0.25, -0.2) is 4.68 Å². The lowest BCUT2D eigenvalue weighted by molar-refractivity contribution is 0.0895.